The highest BCUT2D eigenvalue weighted by molar-refractivity contribution is 6.42. The van der Waals surface area contributed by atoms with Crippen molar-refractivity contribution >= 4 is 34.6 Å². The average molecular weight is 393 g/mol. The van der Waals surface area contributed by atoms with E-state index in [0.717, 1.165) is 46.2 Å². The number of hydrogen-bond donors (Lipinski definition) is 0. The lowest BCUT2D eigenvalue weighted by atomic mass is 9.89. The van der Waals surface area contributed by atoms with E-state index in [-0.39, 0.29) is 11.6 Å². The molecule has 2 aromatic carbocycles. The van der Waals surface area contributed by atoms with Crippen molar-refractivity contribution in [2.45, 2.75) is 47.0 Å². The van der Waals surface area contributed by atoms with Gasteiger partial charge in [0.2, 0.25) is 0 Å². The van der Waals surface area contributed by atoms with E-state index in [4.69, 9.17) is 23.2 Å². The molecule has 0 aliphatic heterocycles. The summed E-state index contributed by atoms with van der Waals surface area (Å²) in [5, 5.41) is 0.883. The Morgan fingerprint density at radius 3 is 2.35 bits per heavy atom. The minimum atomic E-state index is -0.343. The minimum absolute atomic E-state index is 0.0377. The molecule has 1 nitrogen and oxygen atoms in total. The van der Waals surface area contributed by atoms with Crippen LogP contribution < -0.4 is 0 Å². The third-order valence-corrected chi connectivity index (χ3v) is 5.40. The van der Waals surface area contributed by atoms with Crippen molar-refractivity contribution in [3.8, 4) is 11.1 Å². The molecule has 2 rings (SSSR count). The van der Waals surface area contributed by atoms with E-state index in [0.29, 0.717) is 16.5 Å². The highest BCUT2D eigenvalue weighted by Gasteiger charge is 2.16. The molecule has 138 valence electrons. The summed E-state index contributed by atoms with van der Waals surface area (Å²) in [6.45, 7) is 7.49. The zero-order valence-electron chi connectivity index (χ0n) is 15.6. The van der Waals surface area contributed by atoms with Crippen LogP contribution >= 0.6 is 23.2 Å². The molecule has 26 heavy (non-hydrogen) atoms. The molecule has 4 heteroatoms. The maximum atomic E-state index is 14.4. The first-order chi connectivity index (χ1) is 12.3. The van der Waals surface area contributed by atoms with Gasteiger partial charge in [-0.3, -0.25) is 4.79 Å². The summed E-state index contributed by atoms with van der Waals surface area (Å²) in [6.07, 6.45) is 2.64. The fourth-order valence-corrected chi connectivity index (χ4v) is 3.47. The van der Waals surface area contributed by atoms with E-state index in [1.165, 1.54) is 12.1 Å². The van der Waals surface area contributed by atoms with Crippen LogP contribution in [0.2, 0.25) is 10.0 Å². The number of unbranched alkanes of at least 4 members (excludes halogenated alkanes) is 1. The molecular formula is C22H23Cl2FO. The second kappa shape index (κ2) is 8.83. The van der Waals surface area contributed by atoms with Crippen molar-refractivity contribution in [1.82, 2.24) is 0 Å². The van der Waals surface area contributed by atoms with Crippen LogP contribution in [-0.4, -0.2) is 5.78 Å². The molecule has 0 unspecified atom stereocenters. The number of hydrogen-bond acceptors (Lipinski definition) is 1. The molecule has 0 aliphatic rings. The monoisotopic (exact) mass is 392 g/mol. The van der Waals surface area contributed by atoms with Crippen molar-refractivity contribution in [3.05, 3.63) is 62.9 Å². The van der Waals surface area contributed by atoms with Crippen LogP contribution in [0.25, 0.3) is 16.7 Å². The van der Waals surface area contributed by atoms with Crippen molar-refractivity contribution in [1.29, 1.82) is 0 Å². The van der Waals surface area contributed by atoms with E-state index >= 15 is 0 Å². The first kappa shape index (κ1) is 20.7. The van der Waals surface area contributed by atoms with Crippen LogP contribution in [0.1, 0.15) is 51.2 Å². The van der Waals surface area contributed by atoms with Crippen molar-refractivity contribution < 1.29 is 9.18 Å². The van der Waals surface area contributed by atoms with Gasteiger partial charge >= 0.3 is 0 Å². The molecule has 0 saturated carbocycles. The standard InChI is InChI=1S/C22H23Cl2FO/c1-5-6-7-18(15(4)26)13(2)19-11-17(25)12-20(14(19)3)16-8-9-21(23)22(24)10-16/h8-12H,5-7H2,1-4H3/b18-13+. The zero-order valence-corrected chi connectivity index (χ0v) is 17.1. The Bertz CT molecular complexity index is 869. The molecule has 0 heterocycles. The smallest absolute Gasteiger partial charge is 0.156 e. The first-order valence-electron chi connectivity index (χ1n) is 8.72. The number of rotatable bonds is 6. The van der Waals surface area contributed by atoms with Crippen LogP contribution in [0, 0.1) is 12.7 Å². The minimum Gasteiger partial charge on any atom is -0.295 e. The first-order valence-corrected chi connectivity index (χ1v) is 9.48. The molecule has 0 atom stereocenters. The number of allylic oxidation sites excluding steroid dienone is 2. The summed E-state index contributed by atoms with van der Waals surface area (Å²) in [7, 11) is 0. The fraction of sp³-hybridized carbons (Fsp3) is 0.318. The third-order valence-electron chi connectivity index (χ3n) is 4.67. The van der Waals surface area contributed by atoms with Gasteiger partial charge in [-0.25, -0.2) is 4.39 Å². The summed E-state index contributed by atoms with van der Waals surface area (Å²) in [5.74, 6) is -0.305. The van der Waals surface area contributed by atoms with E-state index in [1.54, 1.807) is 19.1 Å². The largest absolute Gasteiger partial charge is 0.295 e. The lowest BCUT2D eigenvalue weighted by molar-refractivity contribution is -0.113. The Morgan fingerprint density at radius 2 is 1.77 bits per heavy atom. The van der Waals surface area contributed by atoms with E-state index < -0.39 is 0 Å². The second-order valence-corrected chi connectivity index (χ2v) is 7.33. The van der Waals surface area contributed by atoms with Crippen molar-refractivity contribution in [2.75, 3.05) is 0 Å². The fourth-order valence-electron chi connectivity index (χ4n) is 3.18. The number of halogens is 3. The Labute approximate surface area is 164 Å². The molecule has 0 spiro atoms. The summed E-state index contributed by atoms with van der Waals surface area (Å²) in [6, 6.07) is 8.25. The third kappa shape index (κ3) is 4.55. The SMILES string of the molecule is CCCC/C(C(C)=O)=C(/C)c1cc(F)cc(-c2ccc(Cl)c(Cl)c2)c1C. The van der Waals surface area contributed by atoms with Crippen LogP contribution in [0.15, 0.2) is 35.9 Å². The van der Waals surface area contributed by atoms with Gasteiger partial charge in [-0.1, -0.05) is 42.6 Å². The Morgan fingerprint density at radius 1 is 1.08 bits per heavy atom. The average Bonchev–Trinajstić information content (AvgIpc) is 2.59. The van der Waals surface area contributed by atoms with Crippen LogP contribution in [0.3, 0.4) is 0 Å². The Hall–Kier alpha value is -1.64. The maximum Gasteiger partial charge on any atom is 0.156 e. The van der Waals surface area contributed by atoms with Crippen LogP contribution in [-0.2, 0) is 4.79 Å². The Balaban J connectivity index is 2.65. The Kier molecular flexibility index (Phi) is 7.02. The lowest BCUT2D eigenvalue weighted by Gasteiger charge is -2.16. The molecule has 2 aromatic rings. The van der Waals surface area contributed by atoms with E-state index in [2.05, 4.69) is 6.92 Å². The summed E-state index contributed by atoms with van der Waals surface area (Å²) >= 11 is 12.1. The molecule has 0 radical (unpaired) electrons. The zero-order chi connectivity index (χ0) is 19.4. The molecule has 0 fully saturated rings. The summed E-state index contributed by atoms with van der Waals surface area (Å²) < 4.78 is 14.4. The van der Waals surface area contributed by atoms with Crippen LogP contribution in [0.4, 0.5) is 4.39 Å². The molecule has 0 aromatic heterocycles. The number of carbonyl (C=O) groups excluding carboxylic acids is 1. The van der Waals surface area contributed by atoms with Gasteiger partial charge in [-0.05, 0) is 91.3 Å². The van der Waals surface area contributed by atoms with E-state index in [9.17, 15) is 9.18 Å². The van der Waals surface area contributed by atoms with Gasteiger partial charge in [0.25, 0.3) is 0 Å². The summed E-state index contributed by atoms with van der Waals surface area (Å²) in [5.41, 5.74) is 4.81. The highest BCUT2D eigenvalue weighted by Crippen LogP contribution is 2.35. The lowest BCUT2D eigenvalue weighted by Crippen LogP contribution is -2.02. The number of Topliss-reactive ketones (excluding diaryl/α,β-unsaturated/α-hetero) is 1. The number of benzene rings is 2. The molecular weight excluding hydrogens is 370 g/mol. The predicted octanol–water partition coefficient (Wildman–Crippen LogP) is 7.66. The second-order valence-electron chi connectivity index (χ2n) is 6.52. The molecule has 0 aliphatic carbocycles. The topological polar surface area (TPSA) is 17.1 Å². The molecule has 0 amide bonds. The van der Waals surface area contributed by atoms with E-state index in [1.807, 2.05) is 19.9 Å². The maximum absolute atomic E-state index is 14.4. The summed E-state index contributed by atoms with van der Waals surface area (Å²) in [4.78, 5) is 12.1. The van der Waals surface area contributed by atoms with Crippen molar-refractivity contribution in [2.24, 2.45) is 0 Å². The normalized spacial score (nSPS) is 12.1. The number of ketones is 1. The molecule has 0 saturated heterocycles. The van der Waals surface area contributed by atoms with Gasteiger partial charge in [-0.15, -0.1) is 0 Å². The van der Waals surface area contributed by atoms with Gasteiger partial charge in [0.05, 0.1) is 10.0 Å². The van der Waals surface area contributed by atoms with Crippen molar-refractivity contribution in [3.63, 3.8) is 0 Å². The van der Waals surface area contributed by atoms with Gasteiger partial charge in [0, 0.05) is 0 Å². The van der Waals surface area contributed by atoms with Gasteiger partial charge in [0.15, 0.2) is 5.78 Å². The quantitative estimate of drug-likeness (QED) is 0.461. The van der Waals surface area contributed by atoms with Gasteiger partial charge < -0.3 is 0 Å². The predicted molar refractivity (Wildman–Crippen MR) is 109 cm³/mol. The number of carbonyl (C=O) groups is 1. The molecule has 0 bridgehead atoms. The highest BCUT2D eigenvalue weighted by atomic mass is 35.5. The van der Waals surface area contributed by atoms with Crippen LogP contribution in [0.5, 0.6) is 0 Å². The van der Waals surface area contributed by atoms with Gasteiger partial charge in [-0.2, -0.15) is 0 Å². The molecule has 0 N–H and O–H groups in total. The van der Waals surface area contributed by atoms with Gasteiger partial charge in [0.1, 0.15) is 5.82 Å².